The third-order valence-electron chi connectivity index (χ3n) is 1.86. The second kappa shape index (κ2) is 6.40. The highest BCUT2D eigenvalue weighted by Gasteiger charge is 2.21. The molecular formula is C10H20N2O2. The summed E-state index contributed by atoms with van der Waals surface area (Å²) in [4.78, 5) is 22.4. The highest BCUT2D eigenvalue weighted by molar-refractivity contribution is 5.86. The SMILES string of the molecule is CCCNC(=O)C(NC(C)=O)C(C)C. The molecule has 0 rings (SSSR count). The molecule has 4 heteroatoms. The van der Waals surface area contributed by atoms with E-state index in [0.29, 0.717) is 6.54 Å². The molecule has 0 aliphatic rings. The fraction of sp³-hybridized carbons (Fsp3) is 0.800. The first kappa shape index (κ1) is 12.9. The molecule has 0 aromatic heterocycles. The minimum absolute atomic E-state index is 0.1000. The van der Waals surface area contributed by atoms with Crippen molar-refractivity contribution in [2.75, 3.05) is 6.54 Å². The van der Waals surface area contributed by atoms with Gasteiger partial charge in [0.2, 0.25) is 11.8 Å². The first-order chi connectivity index (χ1) is 6.49. The van der Waals surface area contributed by atoms with Crippen molar-refractivity contribution in [2.24, 2.45) is 5.92 Å². The van der Waals surface area contributed by atoms with E-state index in [4.69, 9.17) is 0 Å². The molecule has 1 atom stereocenters. The molecule has 0 aromatic rings. The predicted molar refractivity (Wildman–Crippen MR) is 55.7 cm³/mol. The Labute approximate surface area is 85.4 Å². The Morgan fingerprint density at radius 1 is 1.29 bits per heavy atom. The van der Waals surface area contributed by atoms with Crippen molar-refractivity contribution in [1.29, 1.82) is 0 Å². The van der Waals surface area contributed by atoms with Crippen molar-refractivity contribution in [2.45, 2.75) is 40.2 Å². The lowest BCUT2D eigenvalue weighted by Crippen LogP contribution is -2.49. The molecule has 82 valence electrons. The smallest absolute Gasteiger partial charge is 0.242 e. The largest absolute Gasteiger partial charge is 0.354 e. The zero-order valence-electron chi connectivity index (χ0n) is 9.39. The molecule has 0 radical (unpaired) electrons. The van der Waals surface area contributed by atoms with E-state index in [1.807, 2.05) is 20.8 Å². The lowest BCUT2D eigenvalue weighted by atomic mass is 10.0. The van der Waals surface area contributed by atoms with Crippen LogP contribution in [0.5, 0.6) is 0 Å². The number of hydrogen-bond donors (Lipinski definition) is 2. The number of carbonyl (C=O) groups excluding carboxylic acids is 2. The van der Waals surface area contributed by atoms with E-state index < -0.39 is 6.04 Å². The second-order valence-electron chi connectivity index (χ2n) is 3.71. The molecule has 0 bridgehead atoms. The first-order valence-corrected chi connectivity index (χ1v) is 5.03. The van der Waals surface area contributed by atoms with Crippen LogP contribution in [0.3, 0.4) is 0 Å². The Hall–Kier alpha value is -1.06. The standard InChI is InChI=1S/C10H20N2O2/c1-5-6-11-10(14)9(7(2)3)12-8(4)13/h7,9H,5-6H2,1-4H3,(H,11,14)(H,12,13). The van der Waals surface area contributed by atoms with Gasteiger partial charge in [-0.25, -0.2) is 0 Å². The fourth-order valence-corrected chi connectivity index (χ4v) is 1.11. The van der Waals surface area contributed by atoms with E-state index >= 15 is 0 Å². The van der Waals surface area contributed by atoms with E-state index in [9.17, 15) is 9.59 Å². The van der Waals surface area contributed by atoms with Crippen molar-refractivity contribution in [3.05, 3.63) is 0 Å². The van der Waals surface area contributed by atoms with Gasteiger partial charge < -0.3 is 10.6 Å². The molecular weight excluding hydrogens is 180 g/mol. The molecule has 0 saturated heterocycles. The Kier molecular flexibility index (Phi) is 5.92. The maximum atomic E-state index is 11.6. The van der Waals surface area contributed by atoms with Crippen LogP contribution >= 0.6 is 0 Å². The molecule has 0 heterocycles. The summed E-state index contributed by atoms with van der Waals surface area (Å²) in [5, 5.41) is 5.40. The maximum Gasteiger partial charge on any atom is 0.242 e. The van der Waals surface area contributed by atoms with Crippen molar-refractivity contribution < 1.29 is 9.59 Å². The fourth-order valence-electron chi connectivity index (χ4n) is 1.11. The van der Waals surface area contributed by atoms with Crippen LogP contribution in [0.15, 0.2) is 0 Å². The molecule has 4 nitrogen and oxygen atoms in total. The zero-order valence-corrected chi connectivity index (χ0v) is 9.39. The van der Waals surface area contributed by atoms with Crippen LogP contribution in [-0.4, -0.2) is 24.4 Å². The minimum atomic E-state index is -0.418. The molecule has 1 unspecified atom stereocenters. The number of nitrogens with one attached hydrogen (secondary N) is 2. The summed E-state index contributed by atoms with van der Waals surface area (Å²) in [7, 11) is 0. The summed E-state index contributed by atoms with van der Waals surface area (Å²) in [5.41, 5.74) is 0. The average molecular weight is 200 g/mol. The Morgan fingerprint density at radius 2 is 1.86 bits per heavy atom. The molecule has 0 fully saturated rings. The van der Waals surface area contributed by atoms with Gasteiger partial charge >= 0.3 is 0 Å². The number of carbonyl (C=O) groups is 2. The van der Waals surface area contributed by atoms with Gasteiger partial charge in [0.05, 0.1) is 0 Å². The highest BCUT2D eigenvalue weighted by Crippen LogP contribution is 2.01. The van der Waals surface area contributed by atoms with Crippen LogP contribution in [0.4, 0.5) is 0 Å². The third kappa shape index (κ3) is 4.84. The molecule has 2 amide bonds. The topological polar surface area (TPSA) is 58.2 Å². The van der Waals surface area contributed by atoms with E-state index in [-0.39, 0.29) is 17.7 Å². The lowest BCUT2D eigenvalue weighted by Gasteiger charge is -2.20. The number of rotatable bonds is 5. The van der Waals surface area contributed by atoms with Gasteiger partial charge in [0.25, 0.3) is 0 Å². The van der Waals surface area contributed by atoms with Gasteiger partial charge in [0, 0.05) is 13.5 Å². The molecule has 0 saturated carbocycles. The quantitative estimate of drug-likeness (QED) is 0.685. The zero-order chi connectivity index (χ0) is 11.1. The van der Waals surface area contributed by atoms with E-state index in [1.165, 1.54) is 6.92 Å². The van der Waals surface area contributed by atoms with Gasteiger partial charge in [-0.05, 0) is 12.3 Å². The summed E-state index contributed by atoms with van der Waals surface area (Å²) in [6.45, 7) is 7.88. The summed E-state index contributed by atoms with van der Waals surface area (Å²) in [6.07, 6.45) is 0.899. The Morgan fingerprint density at radius 3 is 2.21 bits per heavy atom. The van der Waals surface area contributed by atoms with E-state index in [1.54, 1.807) is 0 Å². The second-order valence-corrected chi connectivity index (χ2v) is 3.71. The van der Waals surface area contributed by atoms with Crippen LogP contribution < -0.4 is 10.6 Å². The van der Waals surface area contributed by atoms with Crippen LogP contribution in [0.1, 0.15) is 34.1 Å². The number of amides is 2. The summed E-state index contributed by atoms with van der Waals surface area (Å²) >= 11 is 0. The van der Waals surface area contributed by atoms with Gasteiger partial charge in [-0.15, -0.1) is 0 Å². The molecule has 0 spiro atoms. The van der Waals surface area contributed by atoms with Gasteiger partial charge in [-0.1, -0.05) is 20.8 Å². The van der Waals surface area contributed by atoms with Crippen molar-refractivity contribution in [3.8, 4) is 0 Å². The maximum absolute atomic E-state index is 11.6. The number of hydrogen-bond acceptors (Lipinski definition) is 2. The molecule has 14 heavy (non-hydrogen) atoms. The summed E-state index contributed by atoms with van der Waals surface area (Å²) in [6, 6.07) is -0.418. The Balaban J connectivity index is 4.19. The van der Waals surface area contributed by atoms with Crippen LogP contribution in [-0.2, 0) is 9.59 Å². The molecule has 0 aliphatic carbocycles. The minimum Gasteiger partial charge on any atom is -0.354 e. The van der Waals surface area contributed by atoms with Gasteiger partial charge in [-0.3, -0.25) is 9.59 Å². The normalized spacial score (nSPS) is 12.4. The van der Waals surface area contributed by atoms with Gasteiger partial charge in [-0.2, -0.15) is 0 Å². The lowest BCUT2D eigenvalue weighted by molar-refractivity contribution is -0.129. The highest BCUT2D eigenvalue weighted by atomic mass is 16.2. The Bertz CT molecular complexity index is 202. The average Bonchev–Trinajstić information content (AvgIpc) is 2.09. The van der Waals surface area contributed by atoms with Crippen molar-refractivity contribution >= 4 is 11.8 Å². The van der Waals surface area contributed by atoms with Gasteiger partial charge in [0.1, 0.15) is 6.04 Å². The van der Waals surface area contributed by atoms with Crippen LogP contribution in [0, 0.1) is 5.92 Å². The van der Waals surface area contributed by atoms with E-state index in [0.717, 1.165) is 6.42 Å². The first-order valence-electron chi connectivity index (χ1n) is 5.03. The monoisotopic (exact) mass is 200 g/mol. The van der Waals surface area contributed by atoms with Crippen LogP contribution in [0.25, 0.3) is 0 Å². The summed E-state index contributed by atoms with van der Waals surface area (Å²) in [5.74, 6) is -0.164. The van der Waals surface area contributed by atoms with Crippen molar-refractivity contribution in [1.82, 2.24) is 10.6 Å². The third-order valence-corrected chi connectivity index (χ3v) is 1.86. The molecule has 2 N–H and O–H groups in total. The predicted octanol–water partition coefficient (Wildman–Crippen LogP) is 0.673. The van der Waals surface area contributed by atoms with Crippen molar-refractivity contribution in [3.63, 3.8) is 0 Å². The van der Waals surface area contributed by atoms with E-state index in [2.05, 4.69) is 10.6 Å². The van der Waals surface area contributed by atoms with Gasteiger partial charge in [0.15, 0.2) is 0 Å². The van der Waals surface area contributed by atoms with Crippen LogP contribution in [0.2, 0.25) is 0 Å². The molecule has 0 aliphatic heterocycles. The summed E-state index contributed by atoms with van der Waals surface area (Å²) < 4.78 is 0. The molecule has 0 aromatic carbocycles.